The van der Waals surface area contributed by atoms with Crippen molar-refractivity contribution in [1.82, 2.24) is 9.97 Å². The minimum absolute atomic E-state index is 0.163. The summed E-state index contributed by atoms with van der Waals surface area (Å²) < 4.78 is 5.13. The molecule has 144 valence electrons. The number of hydrogen-bond acceptors (Lipinski definition) is 7. The number of fused-ring (bicyclic) bond motifs is 1. The monoisotopic (exact) mass is 407 g/mol. The summed E-state index contributed by atoms with van der Waals surface area (Å²) in [5.41, 5.74) is 0.833. The van der Waals surface area contributed by atoms with E-state index in [1.54, 1.807) is 0 Å². The Bertz CT molecular complexity index is 1280. The third-order valence-corrected chi connectivity index (χ3v) is 5.11. The highest BCUT2D eigenvalue weighted by Crippen LogP contribution is 2.30. The van der Waals surface area contributed by atoms with Gasteiger partial charge in [0.15, 0.2) is 0 Å². The van der Waals surface area contributed by atoms with Gasteiger partial charge in [0.2, 0.25) is 0 Å². The number of esters is 1. The summed E-state index contributed by atoms with van der Waals surface area (Å²) in [5.74, 6) is -0.702. The Morgan fingerprint density at radius 2 is 1.86 bits per heavy atom. The van der Waals surface area contributed by atoms with E-state index >= 15 is 0 Å². The molecule has 0 amide bonds. The van der Waals surface area contributed by atoms with Gasteiger partial charge in [-0.15, -0.1) is 11.3 Å². The lowest BCUT2D eigenvalue weighted by Crippen LogP contribution is -2.14. The number of aromatic nitrogens is 2. The van der Waals surface area contributed by atoms with Crippen molar-refractivity contribution in [2.45, 2.75) is 6.61 Å². The van der Waals surface area contributed by atoms with Crippen LogP contribution >= 0.6 is 11.3 Å². The van der Waals surface area contributed by atoms with Crippen LogP contribution in [0, 0.1) is 10.1 Å². The van der Waals surface area contributed by atoms with E-state index < -0.39 is 10.9 Å². The third-order valence-electron chi connectivity index (χ3n) is 4.24. The van der Waals surface area contributed by atoms with Gasteiger partial charge in [0, 0.05) is 17.0 Å². The van der Waals surface area contributed by atoms with Gasteiger partial charge in [0.25, 0.3) is 11.2 Å². The first kappa shape index (κ1) is 18.5. The molecule has 4 aromatic rings. The average molecular weight is 407 g/mol. The normalized spacial score (nSPS) is 10.8. The Kier molecular flexibility index (Phi) is 4.88. The van der Waals surface area contributed by atoms with E-state index in [-0.39, 0.29) is 29.2 Å². The van der Waals surface area contributed by atoms with Crippen LogP contribution in [0.3, 0.4) is 0 Å². The number of carbonyl (C=O) groups is 1. The highest BCUT2D eigenvalue weighted by atomic mass is 32.1. The summed E-state index contributed by atoms with van der Waals surface area (Å²) in [7, 11) is 0. The molecule has 0 saturated heterocycles. The maximum Gasteiger partial charge on any atom is 0.345 e. The van der Waals surface area contributed by atoms with Crippen molar-refractivity contribution >= 4 is 33.2 Å². The molecule has 0 atom stereocenters. The maximum absolute atomic E-state index is 12.6. The number of benzene rings is 2. The van der Waals surface area contributed by atoms with Crippen LogP contribution < -0.4 is 5.56 Å². The second-order valence-electron chi connectivity index (χ2n) is 6.06. The summed E-state index contributed by atoms with van der Waals surface area (Å²) >= 11 is 1.31. The highest BCUT2D eigenvalue weighted by molar-refractivity contribution is 7.17. The van der Waals surface area contributed by atoms with E-state index in [2.05, 4.69) is 9.97 Å². The van der Waals surface area contributed by atoms with Crippen molar-refractivity contribution < 1.29 is 14.5 Å². The first-order valence-electron chi connectivity index (χ1n) is 8.51. The van der Waals surface area contributed by atoms with Crippen LogP contribution in [0.1, 0.15) is 16.2 Å². The molecule has 1 N–H and O–H groups in total. The molecule has 0 unspecified atom stereocenters. The second kappa shape index (κ2) is 7.64. The summed E-state index contributed by atoms with van der Waals surface area (Å²) in [6.07, 6.45) is 0. The minimum atomic E-state index is -0.865. The van der Waals surface area contributed by atoms with E-state index in [0.717, 1.165) is 11.1 Å². The Balaban J connectivity index is 1.59. The summed E-state index contributed by atoms with van der Waals surface area (Å²) in [6.45, 7) is -0.311. The molecule has 2 heterocycles. The number of carbonyl (C=O) groups excluding carboxylic acids is 1. The van der Waals surface area contributed by atoms with Crippen LogP contribution in [0.25, 0.3) is 21.3 Å². The third kappa shape index (κ3) is 3.63. The molecule has 0 aliphatic heterocycles. The fraction of sp³-hybridized carbons (Fsp3) is 0.0500. The van der Waals surface area contributed by atoms with Crippen LogP contribution in [0.5, 0.6) is 0 Å². The molecule has 29 heavy (non-hydrogen) atoms. The van der Waals surface area contributed by atoms with Gasteiger partial charge in [0.1, 0.15) is 22.8 Å². The van der Waals surface area contributed by atoms with Crippen molar-refractivity contribution in [3.63, 3.8) is 0 Å². The Morgan fingerprint density at radius 1 is 1.14 bits per heavy atom. The number of nitrogens with one attached hydrogen (secondary N) is 1. The number of H-pyrrole nitrogens is 1. The lowest BCUT2D eigenvalue weighted by molar-refractivity contribution is -0.385. The maximum atomic E-state index is 12.6. The molecule has 0 spiro atoms. The SMILES string of the molecule is O=C(OCc1nc2scc(-c3ccccc3)c2c(=O)[nH]1)c1ccccc1[N+](=O)[O-]. The number of nitro benzene ring substituents is 1. The smallest absolute Gasteiger partial charge is 0.345 e. The van der Waals surface area contributed by atoms with Crippen LogP contribution in [-0.2, 0) is 11.3 Å². The first-order chi connectivity index (χ1) is 14.0. The fourth-order valence-electron chi connectivity index (χ4n) is 2.91. The number of nitro groups is 1. The van der Waals surface area contributed by atoms with Gasteiger partial charge in [0.05, 0.1) is 10.3 Å². The standard InChI is InChI=1S/C20H13N3O5S/c24-18-17-14(12-6-2-1-3-7-12)11-29-19(17)22-16(21-18)10-28-20(25)13-8-4-5-9-15(13)23(26)27/h1-9,11H,10H2,(H,21,22,24). The van der Waals surface area contributed by atoms with Crippen LogP contribution in [0.4, 0.5) is 5.69 Å². The molecule has 4 rings (SSSR count). The van der Waals surface area contributed by atoms with Crippen molar-refractivity contribution in [1.29, 1.82) is 0 Å². The lowest BCUT2D eigenvalue weighted by Gasteiger charge is -2.05. The number of para-hydroxylation sites is 1. The van der Waals surface area contributed by atoms with Crippen LogP contribution in [-0.4, -0.2) is 20.9 Å². The van der Waals surface area contributed by atoms with E-state index in [1.165, 1.54) is 35.6 Å². The van der Waals surface area contributed by atoms with Gasteiger partial charge < -0.3 is 9.72 Å². The number of nitrogens with zero attached hydrogens (tertiary/aromatic N) is 2. The van der Waals surface area contributed by atoms with Gasteiger partial charge >= 0.3 is 5.97 Å². The molecule has 8 nitrogen and oxygen atoms in total. The largest absolute Gasteiger partial charge is 0.454 e. The molecule has 0 fully saturated rings. The molecule has 0 aliphatic carbocycles. The van der Waals surface area contributed by atoms with E-state index in [9.17, 15) is 19.7 Å². The van der Waals surface area contributed by atoms with Gasteiger partial charge in [-0.3, -0.25) is 14.9 Å². The van der Waals surface area contributed by atoms with E-state index in [1.807, 2.05) is 35.7 Å². The van der Waals surface area contributed by atoms with E-state index in [0.29, 0.717) is 10.2 Å². The Morgan fingerprint density at radius 3 is 2.62 bits per heavy atom. The molecule has 0 radical (unpaired) electrons. The van der Waals surface area contributed by atoms with Crippen molar-refractivity contribution in [3.05, 3.63) is 91.8 Å². The highest BCUT2D eigenvalue weighted by Gasteiger charge is 2.21. The second-order valence-corrected chi connectivity index (χ2v) is 6.92. The minimum Gasteiger partial charge on any atom is -0.454 e. The zero-order chi connectivity index (χ0) is 20.4. The summed E-state index contributed by atoms with van der Waals surface area (Å²) in [6, 6.07) is 15.0. The average Bonchev–Trinajstić information content (AvgIpc) is 3.17. The number of hydrogen-bond donors (Lipinski definition) is 1. The Hall–Kier alpha value is -3.85. The van der Waals surface area contributed by atoms with Gasteiger partial charge in [-0.25, -0.2) is 9.78 Å². The van der Waals surface area contributed by atoms with E-state index in [4.69, 9.17) is 4.74 Å². The molecule has 9 heteroatoms. The Labute approximate surface area is 167 Å². The zero-order valence-corrected chi connectivity index (χ0v) is 15.6. The summed E-state index contributed by atoms with van der Waals surface area (Å²) in [4.78, 5) is 42.7. The first-order valence-corrected chi connectivity index (χ1v) is 9.39. The van der Waals surface area contributed by atoms with Gasteiger partial charge in [-0.05, 0) is 11.6 Å². The fourth-order valence-corrected chi connectivity index (χ4v) is 3.88. The number of thiophene rings is 1. The zero-order valence-electron chi connectivity index (χ0n) is 14.8. The molecule has 2 aromatic heterocycles. The number of rotatable bonds is 5. The molecular formula is C20H13N3O5S. The van der Waals surface area contributed by atoms with Crippen LogP contribution in [0.15, 0.2) is 64.8 Å². The quantitative estimate of drug-likeness (QED) is 0.305. The number of aromatic amines is 1. The molecule has 0 saturated carbocycles. The van der Waals surface area contributed by atoms with Crippen molar-refractivity contribution in [3.8, 4) is 11.1 Å². The lowest BCUT2D eigenvalue weighted by atomic mass is 10.1. The number of ether oxygens (including phenoxy) is 1. The van der Waals surface area contributed by atoms with Crippen molar-refractivity contribution in [2.24, 2.45) is 0 Å². The molecule has 0 aliphatic rings. The van der Waals surface area contributed by atoms with Crippen LogP contribution in [0.2, 0.25) is 0 Å². The van der Waals surface area contributed by atoms with Crippen molar-refractivity contribution in [2.75, 3.05) is 0 Å². The summed E-state index contributed by atoms with van der Waals surface area (Å²) in [5, 5.41) is 13.4. The molecule has 0 bridgehead atoms. The molecule has 2 aromatic carbocycles. The topological polar surface area (TPSA) is 115 Å². The van der Waals surface area contributed by atoms with Gasteiger partial charge in [-0.2, -0.15) is 0 Å². The molecular weight excluding hydrogens is 394 g/mol. The van der Waals surface area contributed by atoms with Gasteiger partial charge in [-0.1, -0.05) is 42.5 Å². The predicted molar refractivity (Wildman–Crippen MR) is 108 cm³/mol. The predicted octanol–water partition coefficient (Wildman–Crippen LogP) is 3.92.